The maximum Gasteiger partial charge on any atom is 0.266 e. The SMILES string of the molecule is Cc1sc(N)c(-c2nc(N3CCCC3)no2)c1C. The molecular formula is C12H16N4OS. The van der Waals surface area contributed by atoms with Crippen LogP contribution >= 0.6 is 11.3 Å². The number of aryl methyl sites for hydroxylation is 1. The minimum Gasteiger partial charge on any atom is -0.390 e. The summed E-state index contributed by atoms with van der Waals surface area (Å²) in [5, 5.41) is 4.81. The summed E-state index contributed by atoms with van der Waals surface area (Å²) in [6, 6.07) is 0. The van der Waals surface area contributed by atoms with E-state index >= 15 is 0 Å². The van der Waals surface area contributed by atoms with Crippen LogP contribution in [0.3, 0.4) is 0 Å². The molecule has 0 radical (unpaired) electrons. The quantitative estimate of drug-likeness (QED) is 0.903. The largest absolute Gasteiger partial charge is 0.390 e. The summed E-state index contributed by atoms with van der Waals surface area (Å²) >= 11 is 1.57. The first-order valence-corrected chi connectivity index (χ1v) is 6.93. The fourth-order valence-corrected chi connectivity index (χ4v) is 3.21. The number of hydrogen-bond donors (Lipinski definition) is 1. The van der Waals surface area contributed by atoms with Crippen molar-refractivity contribution >= 4 is 22.3 Å². The van der Waals surface area contributed by atoms with Gasteiger partial charge in [-0.25, -0.2) is 0 Å². The van der Waals surface area contributed by atoms with Crippen LogP contribution in [0.5, 0.6) is 0 Å². The van der Waals surface area contributed by atoms with E-state index in [0.717, 1.165) is 29.2 Å². The number of nitrogens with two attached hydrogens (primary N) is 1. The van der Waals surface area contributed by atoms with E-state index in [4.69, 9.17) is 10.3 Å². The van der Waals surface area contributed by atoms with Crippen LogP contribution in [0.25, 0.3) is 11.5 Å². The second-order valence-corrected chi connectivity index (χ2v) is 5.87. The van der Waals surface area contributed by atoms with Gasteiger partial charge in [-0.15, -0.1) is 11.3 Å². The van der Waals surface area contributed by atoms with Crippen molar-refractivity contribution in [3.8, 4) is 11.5 Å². The first-order valence-electron chi connectivity index (χ1n) is 6.11. The summed E-state index contributed by atoms with van der Waals surface area (Å²) in [6.45, 7) is 6.11. The van der Waals surface area contributed by atoms with Crippen LogP contribution in [0.4, 0.5) is 10.9 Å². The zero-order valence-electron chi connectivity index (χ0n) is 10.6. The first kappa shape index (κ1) is 11.5. The predicted octanol–water partition coefficient (Wildman–Crippen LogP) is 2.60. The van der Waals surface area contributed by atoms with Crippen LogP contribution in [0.1, 0.15) is 23.3 Å². The van der Waals surface area contributed by atoms with E-state index in [1.807, 2.05) is 6.92 Å². The second-order valence-electron chi connectivity index (χ2n) is 4.62. The third-order valence-corrected chi connectivity index (χ3v) is 4.47. The highest BCUT2D eigenvalue weighted by atomic mass is 32.1. The van der Waals surface area contributed by atoms with Gasteiger partial charge in [0.15, 0.2) is 0 Å². The summed E-state index contributed by atoms with van der Waals surface area (Å²) in [5.74, 6) is 1.22. The highest BCUT2D eigenvalue weighted by Gasteiger charge is 2.22. The van der Waals surface area contributed by atoms with Gasteiger partial charge in [-0.1, -0.05) is 0 Å². The van der Waals surface area contributed by atoms with Gasteiger partial charge in [0, 0.05) is 18.0 Å². The van der Waals surface area contributed by atoms with Gasteiger partial charge in [0.2, 0.25) is 0 Å². The maximum absolute atomic E-state index is 6.01. The molecule has 1 aliphatic heterocycles. The Labute approximate surface area is 110 Å². The van der Waals surface area contributed by atoms with E-state index < -0.39 is 0 Å². The van der Waals surface area contributed by atoms with Gasteiger partial charge in [-0.3, -0.25) is 0 Å². The van der Waals surface area contributed by atoms with Crippen molar-refractivity contribution in [2.75, 3.05) is 23.7 Å². The molecule has 96 valence electrons. The standard InChI is InChI=1S/C12H16N4OS/c1-7-8(2)18-10(13)9(7)11-14-12(15-17-11)16-5-3-4-6-16/h3-6,13H2,1-2H3. The van der Waals surface area contributed by atoms with Crippen LogP contribution < -0.4 is 10.6 Å². The highest BCUT2D eigenvalue weighted by Crippen LogP contribution is 2.37. The Morgan fingerprint density at radius 3 is 2.61 bits per heavy atom. The van der Waals surface area contributed by atoms with Gasteiger partial charge >= 0.3 is 0 Å². The van der Waals surface area contributed by atoms with E-state index in [2.05, 4.69) is 22.0 Å². The molecular weight excluding hydrogens is 248 g/mol. The van der Waals surface area contributed by atoms with Gasteiger partial charge in [-0.05, 0) is 37.4 Å². The Balaban J connectivity index is 1.97. The van der Waals surface area contributed by atoms with Crippen molar-refractivity contribution in [1.82, 2.24) is 10.1 Å². The molecule has 3 rings (SSSR count). The molecule has 1 fully saturated rings. The van der Waals surface area contributed by atoms with E-state index in [1.165, 1.54) is 17.7 Å². The maximum atomic E-state index is 6.01. The summed E-state index contributed by atoms with van der Waals surface area (Å²) in [4.78, 5) is 7.82. The Morgan fingerprint density at radius 1 is 1.28 bits per heavy atom. The summed E-state index contributed by atoms with van der Waals surface area (Å²) < 4.78 is 5.36. The summed E-state index contributed by atoms with van der Waals surface area (Å²) in [7, 11) is 0. The van der Waals surface area contributed by atoms with Gasteiger partial charge in [-0.2, -0.15) is 4.98 Å². The smallest absolute Gasteiger partial charge is 0.266 e. The molecule has 2 aromatic rings. The number of nitrogen functional groups attached to an aromatic ring is 1. The van der Waals surface area contributed by atoms with E-state index in [1.54, 1.807) is 11.3 Å². The zero-order valence-corrected chi connectivity index (χ0v) is 11.4. The van der Waals surface area contributed by atoms with Crippen molar-refractivity contribution in [3.05, 3.63) is 10.4 Å². The molecule has 0 aromatic carbocycles. The molecule has 18 heavy (non-hydrogen) atoms. The number of anilines is 2. The number of rotatable bonds is 2. The van der Waals surface area contributed by atoms with Gasteiger partial charge < -0.3 is 15.2 Å². The summed E-state index contributed by atoms with van der Waals surface area (Å²) in [6.07, 6.45) is 2.39. The fourth-order valence-electron chi connectivity index (χ4n) is 2.28. The van der Waals surface area contributed by atoms with Crippen molar-refractivity contribution in [2.45, 2.75) is 26.7 Å². The number of nitrogens with zero attached hydrogens (tertiary/aromatic N) is 3. The highest BCUT2D eigenvalue weighted by molar-refractivity contribution is 7.16. The third kappa shape index (κ3) is 1.77. The number of aromatic nitrogens is 2. The summed E-state index contributed by atoms with van der Waals surface area (Å²) in [5.41, 5.74) is 8.05. The lowest BCUT2D eigenvalue weighted by Crippen LogP contribution is -2.18. The topological polar surface area (TPSA) is 68.2 Å². The van der Waals surface area contributed by atoms with Crippen LogP contribution in [0.2, 0.25) is 0 Å². The first-order chi connectivity index (χ1) is 8.66. The van der Waals surface area contributed by atoms with Crippen LogP contribution in [0, 0.1) is 13.8 Å². The normalized spacial score (nSPS) is 15.6. The number of thiophene rings is 1. The van der Waals surface area contributed by atoms with Gasteiger partial charge in [0.25, 0.3) is 11.8 Å². The van der Waals surface area contributed by atoms with Crippen LogP contribution in [0.15, 0.2) is 4.52 Å². The molecule has 3 heterocycles. The lowest BCUT2D eigenvalue weighted by molar-refractivity contribution is 0.430. The lowest BCUT2D eigenvalue weighted by atomic mass is 10.1. The molecule has 0 saturated carbocycles. The minimum atomic E-state index is 0.538. The van der Waals surface area contributed by atoms with E-state index in [-0.39, 0.29) is 0 Å². The van der Waals surface area contributed by atoms with Crippen LogP contribution in [-0.4, -0.2) is 23.2 Å². The molecule has 1 aliphatic rings. The minimum absolute atomic E-state index is 0.538. The second kappa shape index (κ2) is 4.28. The van der Waals surface area contributed by atoms with Crippen molar-refractivity contribution in [2.24, 2.45) is 0 Å². The van der Waals surface area contributed by atoms with Crippen molar-refractivity contribution in [3.63, 3.8) is 0 Å². The van der Waals surface area contributed by atoms with Crippen molar-refractivity contribution < 1.29 is 4.52 Å². The average molecular weight is 264 g/mol. The molecule has 0 amide bonds. The average Bonchev–Trinajstić information content (AvgIpc) is 3.01. The zero-order chi connectivity index (χ0) is 12.7. The van der Waals surface area contributed by atoms with Crippen molar-refractivity contribution in [1.29, 1.82) is 0 Å². The molecule has 0 bridgehead atoms. The molecule has 6 heteroatoms. The molecule has 2 aromatic heterocycles. The number of hydrogen-bond acceptors (Lipinski definition) is 6. The predicted molar refractivity (Wildman–Crippen MR) is 72.9 cm³/mol. The Bertz CT molecular complexity index is 569. The molecule has 0 atom stereocenters. The van der Waals surface area contributed by atoms with Gasteiger partial charge in [0.05, 0.1) is 10.6 Å². The molecule has 0 unspecified atom stereocenters. The van der Waals surface area contributed by atoms with Crippen LogP contribution in [-0.2, 0) is 0 Å². The molecule has 2 N–H and O–H groups in total. The Hall–Kier alpha value is -1.56. The molecule has 5 nitrogen and oxygen atoms in total. The molecule has 0 aliphatic carbocycles. The van der Waals surface area contributed by atoms with E-state index in [0.29, 0.717) is 11.8 Å². The third-order valence-electron chi connectivity index (χ3n) is 3.43. The molecule has 1 saturated heterocycles. The lowest BCUT2D eigenvalue weighted by Gasteiger charge is -2.09. The van der Waals surface area contributed by atoms with Gasteiger partial charge in [0.1, 0.15) is 0 Å². The fraction of sp³-hybridized carbons (Fsp3) is 0.500. The monoisotopic (exact) mass is 264 g/mol. The molecule has 0 spiro atoms. The van der Waals surface area contributed by atoms with E-state index in [9.17, 15) is 0 Å². The Kier molecular flexibility index (Phi) is 2.74. The Morgan fingerprint density at radius 2 is 2.00 bits per heavy atom.